The van der Waals surface area contributed by atoms with Gasteiger partial charge in [0.2, 0.25) is 5.90 Å². The first-order valence-corrected chi connectivity index (χ1v) is 5.53. The van der Waals surface area contributed by atoms with E-state index in [1.807, 2.05) is 13.8 Å². The summed E-state index contributed by atoms with van der Waals surface area (Å²) in [6.45, 7) is 3.77. The number of nitro benzene ring substituents is 1. The van der Waals surface area contributed by atoms with Crippen molar-refractivity contribution in [1.29, 1.82) is 0 Å². The van der Waals surface area contributed by atoms with Crippen LogP contribution in [0.2, 0.25) is 0 Å². The summed E-state index contributed by atoms with van der Waals surface area (Å²) >= 11 is 0. The van der Waals surface area contributed by atoms with E-state index in [-0.39, 0.29) is 23.5 Å². The van der Waals surface area contributed by atoms with Crippen molar-refractivity contribution in [1.82, 2.24) is 0 Å². The van der Waals surface area contributed by atoms with E-state index in [2.05, 4.69) is 4.99 Å². The predicted molar refractivity (Wildman–Crippen MR) is 64.4 cm³/mol. The Morgan fingerprint density at radius 2 is 1.94 bits per heavy atom. The van der Waals surface area contributed by atoms with E-state index in [4.69, 9.17) is 4.74 Å². The van der Waals surface area contributed by atoms with Crippen molar-refractivity contribution in [2.45, 2.75) is 19.9 Å². The molecular formula is C12H12N2O4. The van der Waals surface area contributed by atoms with Crippen molar-refractivity contribution in [2.75, 3.05) is 0 Å². The maximum Gasteiger partial charge on any atom is 0.338 e. The molecule has 0 spiro atoms. The lowest BCUT2D eigenvalue weighted by Gasteiger charge is -2.04. The number of esters is 1. The van der Waals surface area contributed by atoms with Crippen LogP contribution >= 0.6 is 0 Å². The molecule has 6 heteroatoms. The number of ether oxygens (including phenoxy) is 1. The van der Waals surface area contributed by atoms with E-state index in [9.17, 15) is 14.9 Å². The second-order valence-corrected chi connectivity index (χ2v) is 4.35. The maximum absolute atomic E-state index is 11.5. The number of hydrogen-bond acceptors (Lipinski definition) is 5. The van der Waals surface area contributed by atoms with Gasteiger partial charge in [-0.1, -0.05) is 13.8 Å². The SMILES string of the molecule is CC(C)C1N=C(c2ccc([N+](=O)[O-])cc2)OC1=O. The first-order valence-electron chi connectivity index (χ1n) is 5.53. The molecule has 18 heavy (non-hydrogen) atoms. The van der Waals surface area contributed by atoms with E-state index < -0.39 is 11.0 Å². The van der Waals surface area contributed by atoms with Crippen LogP contribution in [0.4, 0.5) is 5.69 Å². The zero-order chi connectivity index (χ0) is 13.3. The number of hydrogen-bond donors (Lipinski definition) is 0. The van der Waals surface area contributed by atoms with Gasteiger partial charge in [-0.05, 0) is 18.1 Å². The zero-order valence-electron chi connectivity index (χ0n) is 9.99. The topological polar surface area (TPSA) is 81.8 Å². The molecule has 0 saturated heterocycles. The van der Waals surface area contributed by atoms with Gasteiger partial charge in [-0.15, -0.1) is 0 Å². The molecule has 94 valence electrons. The fourth-order valence-electron chi connectivity index (χ4n) is 1.64. The molecule has 0 N–H and O–H groups in total. The van der Waals surface area contributed by atoms with Gasteiger partial charge in [-0.3, -0.25) is 10.1 Å². The van der Waals surface area contributed by atoms with Gasteiger partial charge in [-0.25, -0.2) is 9.79 Å². The first-order chi connectivity index (χ1) is 8.49. The van der Waals surface area contributed by atoms with Gasteiger partial charge in [0.15, 0.2) is 6.04 Å². The Bertz CT molecular complexity index is 519. The van der Waals surface area contributed by atoms with Crippen molar-refractivity contribution in [3.05, 3.63) is 39.9 Å². The molecule has 1 aromatic carbocycles. The quantitative estimate of drug-likeness (QED) is 0.465. The highest BCUT2D eigenvalue weighted by atomic mass is 16.6. The molecule has 2 rings (SSSR count). The summed E-state index contributed by atoms with van der Waals surface area (Å²) in [6, 6.07) is 5.26. The first kappa shape index (κ1) is 12.2. The number of aliphatic imine (C=N–C) groups is 1. The normalized spacial score (nSPS) is 18.7. The molecule has 1 aliphatic rings. The monoisotopic (exact) mass is 248 g/mol. The van der Waals surface area contributed by atoms with E-state index in [1.54, 1.807) is 0 Å². The third-order valence-corrected chi connectivity index (χ3v) is 2.65. The number of carbonyl (C=O) groups excluding carboxylic acids is 1. The van der Waals surface area contributed by atoms with Gasteiger partial charge in [0, 0.05) is 17.7 Å². The second kappa shape index (κ2) is 4.56. The van der Waals surface area contributed by atoms with Gasteiger partial charge < -0.3 is 4.74 Å². The van der Waals surface area contributed by atoms with Crippen LogP contribution in [0.3, 0.4) is 0 Å². The second-order valence-electron chi connectivity index (χ2n) is 4.35. The average molecular weight is 248 g/mol. The number of nitro groups is 1. The fraction of sp³-hybridized carbons (Fsp3) is 0.333. The fourth-order valence-corrected chi connectivity index (χ4v) is 1.64. The summed E-state index contributed by atoms with van der Waals surface area (Å²) in [7, 11) is 0. The van der Waals surface area contributed by atoms with Crippen molar-refractivity contribution in [3.63, 3.8) is 0 Å². The Kier molecular flexibility index (Phi) is 3.10. The van der Waals surface area contributed by atoms with Crippen LogP contribution < -0.4 is 0 Å². The van der Waals surface area contributed by atoms with E-state index >= 15 is 0 Å². The lowest BCUT2D eigenvalue weighted by Crippen LogP contribution is -2.20. The standard InChI is InChI=1S/C12H12N2O4/c1-7(2)10-12(15)18-11(13-10)8-3-5-9(6-4-8)14(16)17/h3-7,10H,1-2H3. The van der Waals surface area contributed by atoms with Crippen LogP contribution in [-0.4, -0.2) is 22.8 Å². The van der Waals surface area contributed by atoms with Crippen LogP contribution in [0, 0.1) is 16.0 Å². The number of nitrogens with zero attached hydrogens (tertiary/aromatic N) is 2. The molecule has 1 heterocycles. The van der Waals surface area contributed by atoms with Crippen LogP contribution in [0.25, 0.3) is 0 Å². The van der Waals surface area contributed by atoms with Crippen LogP contribution in [-0.2, 0) is 9.53 Å². The van der Waals surface area contributed by atoms with Gasteiger partial charge in [0.1, 0.15) is 0 Å². The molecule has 6 nitrogen and oxygen atoms in total. The lowest BCUT2D eigenvalue weighted by molar-refractivity contribution is -0.384. The smallest absolute Gasteiger partial charge is 0.338 e. The number of benzene rings is 1. The Balaban J connectivity index is 2.25. The Hall–Kier alpha value is -2.24. The lowest BCUT2D eigenvalue weighted by atomic mass is 10.1. The third-order valence-electron chi connectivity index (χ3n) is 2.65. The minimum Gasteiger partial charge on any atom is -0.406 e. The molecule has 0 bridgehead atoms. The maximum atomic E-state index is 11.5. The average Bonchev–Trinajstić information content (AvgIpc) is 2.71. The highest BCUT2D eigenvalue weighted by molar-refractivity contribution is 6.06. The van der Waals surface area contributed by atoms with E-state index in [0.717, 1.165) is 0 Å². The highest BCUT2D eigenvalue weighted by Gasteiger charge is 2.32. The van der Waals surface area contributed by atoms with Crippen molar-refractivity contribution in [3.8, 4) is 0 Å². The van der Waals surface area contributed by atoms with E-state index in [1.165, 1.54) is 24.3 Å². The van der Waals surface area contributed by atoms with Crippen LogP contribution in [0.15, 0.2) is 29.3 Å². The van der Waals surface area contributed by atoms with E-state index in [0.29, 0.717) is 5.56 Å². The largest absolute Gasteiger partial charge is 0.406 e. The summed E-state index contributed by atoms with van der Waals surface area (Å²) in [5, 5.41) is 10.5. The number of non-ortho nitro benzene ring substituents is 1. The highest BCUT2D eigenvalue weighted by Crippen LogP contribution is 2.20. The minimum atomic E-state index is -0.491. The van der Waals surface area contributed by atoms with Gasteiger partial charge in [0.05, 0.1) is 4.92 Å². The molecule has 1 aromatic rings. The zero-order valence-corrected chi connectivity index (χ0v) is 9.99. The molecule has 0 saturated carbocycles. The summed E-state index contributed by atoms with van der Waals surface area (Å²) in [5.74, 6) is -0.0833. The molecular weight excluding hydrogens is 236 g/mol. The molecule has 0 aromatic heterocycles. The molecule has 1 unspecified atom stereocenters. The summed E-state index contributed by atoms with van der Waals surface area (Å²) < 4.78 is 5.06. The molecule has 0 amide bonds. The summed E-state index contributed by atoms with van der Waals surface area (Å²) in [6.07, 6.45) is 0. The number of cyclic esters (lactones) is 1. The molecule has 0 radical (unpaired) electrons. The van der Waals surface area contributed by atoms with Crippen LogP contribution in [0.1, 0.15) is 19.4 Å². The van der Waals surface area contributed by atoms with Gasteiger partial charge in [0.25, 0.3) is 5.69 Å². The predicted octanol–water partition coefficient (Wildman–Crippen LogP) is 1.92. The summed E-state index contributed by atoms with van der Waals surface area (Å²) in [5.41, 5.74) is 0.557. The minimum absolute atomic E-state index is 0.0101. The Morgan fingerprint density at radius 1 is 1.33 bits per heavy atom. The Morgan fingerprint density at radius 3 is 2.39 bits per heavy atom. The van der Waals surface area contributed by atoms with Crippen molar-refractivity contribution in [2.24, 2.45) is 10.9 Å². The summed E-state index contributed by atoms with van der Waals surface area (Å²) in [4.78, 5) is 25.8. The van der Waals surface area contributed by atoms with Crippen LogP contribution in [0.5, 0.6) is 0 Å². The third kappa shape index (κ3) is 2.22. The molecule has 1 aliphatic heterocycles. The van der Waals surface area contributed by atoms with Gasteiger partial charge in [-0.2, -0.15) is 0 Å². The molecule has 0 fully saturated rings. The Labute approximate surface area is 103 Å². The molecule has 1 atom stereocenters. The molecule has 0 aliphatic carbocycles. The van der Waals surface area contributed by atoms with Gasteiger partial charge >= 0.3 is 5.97 Å². The van der Waals surface area contributed by atoms with Crippen molar-refractivity contribution >= 4 is 17.6 Å². The number of carbonyl (C=O) groups is 1. The van der Waals surface area contributed by atoms with Crippen molar-refractivity contribution < 1.29 is 14.5 Å². The number of rotatable bonds is 3.